The second-order valence-electron chi connectivity index (χ2n) is 7.10. The molecular weight excluding hydrogens is 554 g/mol. The molecule has 0 fully saturated rings. The van der Waals surface area contributed by atoms with Crippen molar-refractivity contribution in [3.05, 3.63) is 47.0 Å². The Balaban J connectivity index is 2.78. The Kier molecular flexibility index (Phi) is 8.73. The van der Waals surface area contributed by atoms with Gasteiger partial charge in [0.1, 0.15) is 22.9 Å². The zero-order chi connectivity index (χ0) is 29.1. The Hall–Kier alpha value is -4.20. The zero-order valence-electron chi connectivity index (χ0n) is 19.1. The summed E-state index contributed by atoms with van der Waals surface area (Å²) in [5.41, 5.74) is -8.91. The zero-order valence-corrected chi connectivity index (χ0v) is 20.0. The number of carbonyl (C=O) groups is 2. The Labute approximate surface area is 210 Å². The summed E-state index contributed by atoms with van der Waals surface area (Å²) in [4.78, 5) is 26.6. The number of ether oxygens (including phenoxy) is 2. The standard InChI is InChI=1S/C21H16F6N2O8S/c1-3-35-19(32)29(7-6-28)37-16-10-13(36-15-5-4-12(8-11(15)2)20(22,23)24)9-14(18(30)31)17(16)38(33,34)21(25,26)27/h4-5,8-10H,3,7H2,1-2H3,(H,30,31)/p-1. The van der Waals surface area contributed by atoms with Gasteiger partial charge in [-0.05, 0) is 43.7 Å². The van der Waals surface area contributed by atoms with Gasteiger partial charge in [-0.2, -0.15) is 31.6 Å². The van der Waals surface area contributed by atoms with E-state index in [1.807, 2.05) is 0 Å². The van der Waals surface area contributed by atoms with E-state index in [2.05, 4.69) is 4.74 Å². The van der Waals surface area contributed by atoms with Crippen LogP contribution in [0.4, 0.5) is 31.1 Å². The highest BCUT2D eigenvalue weighted by Crippen LogP contribution is 2.42. The first-order chi connectivity index (χ1) is 17.4. The average molecular weight is 569 g/mol. The Morgan fingerprint density at radius 2 is 1.71 bits per heavy atom. The number of hydroxylamine groups is 2. The van der Waals surface area contributed by atoms with Crippen LogP contribution in [0.3, 0.4) is 0 Å². The molecule has 38 heavy (non-hydrogen) atoms. The Morgan fingerprint density at radius 3 is 2.18 bits per heavy atom. The van der Waals surface area contributed by atoms with Crippen LogP contribution in [0.15, 0.2) is 35.2 Å². The van der Waals surface area contributed by atoms with Gasteiger partial charge in [-0.3, -0.25) is 0 Å². The van der Waals surface area contributed by atoms with Crippen LogP contribution in [-0.4, -0.2) is 44.2 Å². The lowest BCUT2D eigenvalue weighted by atomic mass is 10.1. The molecular formula is C21H15F6N2O8S-. The molecule has 0 radical (unpaired) electrons. The monoisotopic (exact) mass is 569 g/mol. The topological polar surface area (TPSA) is 146 Å². The van der Waals surface area contributed by atoms with Crippen LogP contribution in [0, 0.1) is 18.3 Å². The van der Waals surface area contributed by atoms with Crippen LogP contribution >= 0.6 is 0 Å². The number of aromatic carboxylic acids is 1. The summed E-state index contributed by atoms with van der Waals surface area (Å²) in [7, 11) is -6.49. The molecule has 0 aliphatic rings. The number of hydrogen-bond donors (Lipinski definition) is 0. The van der Waals surface area contributed by atoms with Crippen LogP contribution < -0.4 is 14.7 Å². The molecule has 0 aliphatic heterocycles. The maximum absolute atomic E-state index is 13.4. The molecule has 2 aromatic rings. The molecule has 10 nitrogen and oxygen atoms in total. The summed E-state index contributed by atoms with van der Waals surface area (Å²) in [6.07, 6.45) is -6.18. The van der Waals surface area contributed by atoms with Crippen molar-refractivity contribution in [3.63, 3.8) is 0 Å². The van der Waals surface area contributed by atoms with Crippen LogP contribution in [-0.2, 0) is 20.8 Å². The van der Waals surface area contributed by atoms with Crippen molar-refractivity contribution in [1.82, 2.24) is 5.06 Å². The first kappa shape index (κ1) is 30.0. The largest absolute Gasteiger partial charge is 0.545 e. The SMILES string of the molecule is CCOC(=O)N(CC#N)Oc1cc(Oc2ccc(C(F)(F)F)cc2C)cc(C(=O)[O-])c1S(=O)(=O)C(F)(F)F. The van der Waals surface area contributed by atoms with E-state index in [1.165, 1.54) is 19.9 Å². The van der Waals surface area contributed by atoms with Gasteiger partial charge < -0.3 is 24.2 Å². The molecule has 0 spiro atoms. The molecule has 2 aromatic carbocycles. The first-order valence-corrected chi connectivity index (χ1v) is 11.5. The molecule has 1 amide bonds. The van der Waals surface area contributed by atoms with Gasteiger partial charge >= 0.3 is 17.8 Å². The lowest BCUT2D eigenvalue weighted by molar-refractivity contribution is -0.255. The maximum atomic E-state index is 13.4. The third kappa shape index (κ3) is 6.56. The molecule has 0 N–H and O–H groups in total. The summed E-state index contributed by atoms with van der Waals surface area (Å²) in [5.74, 6) is -4.95. The Morgan fingerprint density at radius 1 is 1.08 bits per heavy atom. The van der Waals surface area contributed by atoms with Gasteiger partial charge in [0.25, 0.3) is 9.84 Å². The van der Waals surface area contributed by atoms with Crippen LogP contribution in [0.5, 0.6) is 17.2 Å². The number of halogens is 6. The Bertz CT molecular complexity index is 1380. The van der Waals surface area contributed by atoms with Crippen LogP contribution in [0.1, 0.15) is 28.4 Å². The lowest BCUT2D eigenvalue weighted by Gasteiger charge is -2.23. The number of alkyl halides is 6. The van der Waals surface area contributed by atoms with E-state index >= 15 is 0 Å². The van der Waals surface area contributed by atoms with Crippen molar-refractivity contribution < 1.29 is 63.8 Å². The number of carbonyl (C=O) groups excluding carboxylic acids is 2. The number of sulfone groups is 1. The van der Waals surface area contributed by atoms with Crippen molar-refractivity contribution >= 4 is 21.9 Å². The second-order valence-corrected chi connectivity index (χ2v) is 8.98. The highest BCUT2D eigenvalue weighted by Gasteiger charge is 2.50. The minimum Gasteiger partial charge on any atom is -0.545 e. The van der Waals surface area contributed by atoms with Crippen molar-refractivity contribution in [2.24, 2.45) is 0 Å². The predicted octanol–water partition coefficient (Wildman–Crippen LogP) is 3.74. The van der Waals surface area contributed by atoms with Gasteiger partial charge in [0, 0.05) is 11.6 Å². The molecule has 0 saturated heterocycles. The number of carboxylic acid groups (broad SMARTS) is 1. The minimum absolute atomic E-state index is 0.000438. The third-order valence-corrected chi connectivity index (χ3v) is 6.01. The van der Waals surface area contributed by atoms with Crippen molar-refractivity contribution in [2.75, 3.05) is 13.2 Å². The van der Waals surface area contributed by atoms with E-state index < -0.39 is 67.7 Å². The molecule has 0 aliphatic carbocycles. The fourth-order valence-corrected chi connectivity index (χ4v) is 3.85. The molecule has 2 rings (SSSR count). The predicted molar refractivity (Wildman–Crippen MR) is 110 cm³/mol. The number of carboxylic acids is 1. The van der Waals surface area contributed by atoms with Gasteiger partial charge in [0.15, 0.2) is 5.75 Å². The lowest BCUT2D eigenvalue weighted by Crippen LogP contribution is -2.37. The summed E-state index contributed by atoms with van der Waals surface area (Å²) in [6.45, 7) is 1.16. The van der Waals surface area contributed by atoms with Gasteiger partial charge in [0.2, 0.25) is 0 Å². The van der Waals surface area contributed by atoms with Gasteiger partial charge in [-0.1, -0.05) is 0 Å². The minimum atomic E-state index is -6.49. The van der Waals surface area contributed by atoms with Crippen LogP contribution in [0.2, 0.25) is 0 Å². The number of rotatable bonds is 8. The van der Waals surface area contributed by atoms with Gasteiger partial charge in [-0.15, -0.1) is 5.06 Å². The number of hydrogen-bond acceptors (Lipinski definition) is 9. The van der Waals surface area contributed by atoms with Crippen molar-refractivity contribution in [2.45, 2.75) is 30.4 Å². The van der Waals surface area contributed by atoms with E-state index in [9.17, 15) is 49.5 Å². The number of benzene rings is 2. The summed E-state index contributed by atoms with van der Waals surface area (Å²) >= 11 is 0. The van der Waals surface area contributed by atoms with E-state index in [0.717, 1.165) is 6.07 Å². The molecule has 0 saturated carbocycles. The maximum Gasteiger partial charge on any atom is 0.502 e. The molecule has 17 heteroatoms. The van der Waals surface area contributed by atoms with Crippen molar-refractivity contribution in [3.8, 4) is 23.3 Å². The fraction of sp³-hybridized carbons (Fsp3) is 0.286. The van der Waals surface area contributed by atoms with Crippen LogP contribution in [0.25, 0.3) is 0 Å². The summed E-state index contributed by atoms with van der Waals surface area (Å²) in [6, 6.07) is 4.20. The summed E-state index contributed by atoms with van der Waals surface area (Å²) < 4.78 is 113. The average Bonchev–Trinajstić information content (AvgIpc) is 2.78. The van der Waals surface area contributed by atoms with E-state index in [-0.39, 0.29) is 23.0 Å². The molecule has 0 heterocycles. The highest BCUT2D eigenvalue weighted by molar-refractivity contribution is 7.92. The molecule has 0 unspecified atom stereocenters. The third-order valence-electron chi connectivity index (χ3n) is 4.45. The van der Waals surface area contributed by atoms with Crippen molar-refractivity contribution in [1.29, 1.82) is 5.26 Å². The number of nitriles is 1. The smallest absolute Gasteiger partial charge is 0.502 e. The van der Waals surface area contributed by atoms with Gasteiger partial charge in [-0.25, -0.2) is 13.2 Å². The van der Waals surface area contributed by atoms with E-state index in [4.69, 9.17) is 14.8 Å². The first-order valence-electron chi connectivity index (χ1n) is 9.99. The summed E-state index contributed by atoms with van der Waals surface area (Å²) in [5, 5.41) is 20.6. The second kappa shape index (κ2) is 11.0. The molecule has 206 valence electrons. The number of nitrogens with zero attached hydrogens (tertiary/aromatic N) is 2. The fourth-order valence-electron chi connectivity index (χ4n) is 2.83. The molecule has 0 bridgehead atoms. The number of aryl methyl sites for hydroxylation is 1. The highest BCUT2D eigenvalue weighted by atomic mass is 32.2. The molecule has 0 atom stereocenters. The molecule has 0 aromatic heterocycles. The van der Waals surface area contributed by atoms with E-state index in [1.54, 1.807) is 0 Å². The normalized spacial score (nSPS) is 11.9. The quantitative estimate of drug-likeness (QED) is 0.264. The number of amides is 1. The van der Waals surface area contributed by atoms with E-state index in [0.29, 0.717) is 24.3 Å². The van der Waals surface area contributed by atoms with Gasteiger partial charge in [0.05, 0.1) is 24.2 Å².